The SMILES string of the molecule is CN(C)C(=O)c1ccc(Cn2c(N3CCC(C(=O)NC4CCCC4)CC3)nc3cc(Cl)c(Cl)cc32)cc1. The second-order valence-corrected chi connectivity index (χ2v) is 11.2. The summed E-state index contributed by atoms with van der Waals surface area (Å²) in [5.41, 5.74) is 3.38. The summed E-state index contributed by atoms with van der Waals surface area (Å²) in [6.07, 6.45) is 6.22. The van der Waals surface area contributed by atoms with Crippen molar-refractivity contribution in [1.82, 2.24) is 19.8 Å². The fourth-order valence-corrected chi connectivity index (χ4v) is 5.74. The van der Waals surface area contributed by atoms with Gasteiger partial charge in [-0.3, -0.25) is 9.59 Å². The lowest BCUT2D eigenvalue weighted by molar-refractivity contribution is -0.126. The predicted octanol–water partition coefficient (Wildman–Crippen LogP) is 5.37. The Morgan fingerprint density at radius 1 is 1.00 bits per heavy atom. The Balaban J connectivity index is 1.37. The first kappa shape index (κ1) is 25.9. The maximum Gasteiger partial charge on any atom is 0.253 e. The summed E-state index contributed by atoms with van der Waals surface area (Å²) < 4.78 is 2.15. The van der Waals surface area contributed by atoms with Gasteiger partial charge in [0.25, 0.3) is 5.91 Å². The molecule has 1 saturated carbocycles. The number of hydrogen-bond acceptors (Lipinski definition) is 4. The van der Waals surface area contributed by atoms with E-state index in [0.717, 1.165) is 61.3 Å². The summed E-state index contributed by atoms with van der Waals surface area (Å²) in [5.74, 6) is 1.06. The van der Waals surface area contributed by atoms with Gasteiger partial charge in [0.2, 0.25) is 11.9 Å². The summed E-state index contributed by atoms with van der Waals surface area (Å²) in [7, 11) is 3.49. The topological polar surface area (TPSA) is 70.5 Å². The zero-order chi connectivity index (χ0) is 26.1. The van der Waals surface area contributed by atoms with Crippen molar-refractivity contribution in [1.29, 1.82) is 0 Å². The molecule has 0 spiro atoms. The van der Waals surface area contributed by atoms with Crippen LogP contribution in [0.3, 0.4) is 0 Å². The lowest BCUT2D eigenvalue weighted by Gasteiger charge is -2.33. The van der Waals surface area contributed by atoms with Crippen LogP contribution in [0.1, 0.15) is 54.4 Å². The maximum absolute atomic E-state index is 12.8. The van der Waals surface area contributed by atoms with Gasteiger partial charge in [0.05, 0.1) is 27.6 Å². The van der Waals surface area contributed by atoms with Crippen molar-refractivity contribution in [3.8, 4) is 0 Å². The minimum absolute atomic E-state index is 0.0263. The zero-order valence-electron chi connectivity index (χ0n) is 21.3. The number of rotatable bonds is 6. The van der Waals surface area contributed by atoms with Crippen LogP contribution in [0.4, 0.5) is 5.95 Å². The molecule has 1 saturated heterocycles. The normalized spacial score (nSPS) is 16.9. The minimum atomic E-state index is -0.0263. The number of carbonyl (C=O) groups excluding carboxylic acids is 2. The molecule has 2 aliphatic rings. The number of nitrogens with zero attached hydrogens (tertiary/aromatic N) is 4. The number of benzene rings is 2. The number of piperidine rings is 1. The molecule has 5 rings (SSSR count). The molecule has 2 heterocycles. The van der Waals surface area contributed by atoms with E-state index in [0.29, 0.717) is 28.2 Å². The number of hydrogen-bond donors (Lipinski definition) is 1. The van der Waals surface area contributed by atoms with Gasteiger partial charge in [-0.25, -0.2) is 4.98 Å². The second kappa shape index (κ2) is 10.9. The molecule has 37 heavy (non-hydrogen) atoms. The third-order valence-corrected chi connectivity index (χ3v) is 8.29. The Kier molecular flexibility index (Phi) is 7.63. The molecule has 0 radical (unpaired) electrons. The number of halogens is 2. The first-order chi connectivity index (χ1) is 17.8. The van der Waals surface area contributed by atoms with E-state index in [4.69, 9.17) is 28.2 Å². The predicted molar refractivity (Wildman–Crippen MR) is 149 cm³/mol. The summed E-state index contributed by atoms with van der Waals surface area (Å²) in [6.45, 7) is 2.08. The highest BCUT2D eigenvalue weighted by Gasteiger charge is 2.29. The Morgan fingerprint density at radius 2 is 1.65 bits per heavy atom. The molecule has 7 nitrogen and oxygen atoms in total. The zero-order valence-corrected chi connectivity index (χ0v) is 22.9. The van der Waals surface area contributed by atoms with Crippen LogP contribution in [-0.2, 0) is 11.3 Å². The summed E-state index contributed by atoms with van der Waals surface area (Å²) in [4.78, 5) is 33.9. The van der Waals surface area contributed by atoms with Crippen molar-refractivity contribution >= 4 is 52.0 Å². The van der Waals surface area contributed by atoms with E-state index in [1.54, 1.807) is 25.1 Å². The first-order valence-corrected chi connectivity index (χ1v) is 13.8. The van der Waals surface area contributed by atoms with Crippen molar-refractivity contribution < 1.29 is 9.59 Å². The lowest BCUT2D eigenvalue weighted by atomic mass is 9.95. The third-order valence-electron chi connectivity index (χ3n) is 7.57. The van der Waals surface area contributed by atoms with Crippen LogP contribution in [0.5, 0.6) is 0 Å². The van der Waals surface area contributed by atoms with E-state index in [1.165, 1.54) is 12.8 Å². The molecule has 2 amide bonds. The van der Waals surface area contributed by atoms with Gasteiger partial charge in [0.1, 0.15) is 0 Å². The molecule has 1 N–H and O–H groups in total. The molecule has 1 aliphatic heterocycles. The summed E-state index contributed by atoms with van der Waals surface area (Å²) >= 11 is 12.7. The van der Waals surface area contributed by atoms with Gasteiger partial charge in [-0.2, -0.15) is 0 Å². The molecule has 0 atom stereocenters. The number of fused-ring (bicyclic) bond motifs is 1. The highest BCUT2D eigenvalue weighted by molar-refractivity contribution is 6.42. The first-order valence-electron chi connectivity index (χ1n) is 13.0. The molecular weight excluding hydrogens is 509 g/mol. The van der Waals surface area contributed by atoms with Crippen LogP contribution in [0.25, 0.3) is 11.0 Å². The van der Waals surface area contributed by atoms with Crippen molar-refractivity contribution in [3.63, 3.8) is 0 Å². The summed E-state index contributed by atoms with van der Waals surface area (Å²) in [5, 5.41) is 4.22. The molecule has 0 bridgehead atoms. The van der Waals surface area contributed by atoms with Crippen LogP contribution in [0.15, 0.2) is 36.4 Å². The standard InChI is InChI=1S/C28H33Cl2N5O2/c1-33(2)27(37)20-9-7-18(8-10-20)17-35-25-16-23(30)22(29)15-24(25)32-28(35)34-13-11-19(12-14-34)26(36)31-21-5-3-4-6-21/h7-10,15-16,19,21H,3-6,11-14,17H2,1-2H3,(H,31,36). The van der Waals surface area contributed by atoms with E-state index in [1.807, 2.05) is 30.3 Å². The number of amides is 2. The van der Waals surface area contributed by atoms with Crippen molar-refractivity contribution in [2.75, 3.05) is 32.1 Å². The van der Waals surface area contributed by atoms with Crippen molar-refractivity contribution in [2.24, 2.45) is 5.92 Å². The Bertz CT molecular complexity index is 1290. The number of aromatic nitrogens is 2. The Morgan fingerprint density at radius 3 is 2.30 bits per heavy atom. The third kappa shape index (κ3) is 5.58. The molecule has 2 fully saturated rings. The van der Waals surface area contributed by atoms with Gasteiger partial charge in [0, 0.05) is 44.7 Å². The molecule has 196 valence electrons. The van der Waals surface area contributed by atoms with E-state index in [2.05, 4.69) is 14.8 Å². The minimum Gasteiger partial charge on any atom is -0.353 e. The quantitative estimate of drug-likeness (QED) is 0.455. The summed E-state index contributed by atoms with van der Waals surface area (Å²) in [6, 6.07) is 11.7. The Hall–Kier alpha value is -2.77. The van der Waals surface area contributed by atoms with Crippen LogP contribution >= 0.6 is 23.2 Å². The molecule has 9 heteroatoms. The molecule has 1 aromatic heterocycles. The maximum atomic E-state index is 12.8. The number of anilines is 1. The van der Waals surface area contributed by atoms with Gasteiger partial charge in [-0.15, -0.1) is 0 Å². The molecule has 0 unspecified atom stereocenters. The highest BCUT2D eigenvalue weighted by Crippen LogP contribution is 2.33. The Labute approximate surface area is 227 Å². The fraction of sp³-hybridized carbons (Fsp3) is 0.464. The lowest BCUT2D eigenvalue weighted by Crippen LogP contribution is -2.43. The molecular formula is C28H33Cl2N5O2. The van der Waals surface area contributed by atoms with Gasteiger partial charge in [-0.05, 0) is 55.5 Å². The fourth-order valence-electron chi connectivity index (χ4n) is 5.43. The van der Waals surface area contributed by atoms with E-state index in [-0.39, 0.29) is 17.7 Å². The van der Waals surface area contributed by atoms with Gasteiger partial charge < -0.3 is 19.7 Å². The number of carbonyl (C=O) groups is 2. The van der Waals surface area contributed by atoms with Crippen LogP contribution in [0, 0.1) is 5.92 Å². The molecule has 2 aromatic carbocycles. The van der Waals surface area contributed by atoms with Crippen LogP contribution < -0.4 is 10.2 Å². The van der Waals surface area contributed by atoms with Crippen molar-refractivity contribution in [3.05, 3.63) is 57.6 Å². The number of imidazole rings is 1. The largest absolute Gasteiger partial charge is 0.353 e. The second-order valence-electron chi connectivity index (χ2n) is 10.4. The monoisotopic (exact) mass is 541 g/mol. The smallest absolute Gasteiger partial charge is 0.253 e. The highest BCUT2D eigenvalue weighted by atomic mass is 35.5. The van der Waals surface area contributed by atoms with Gasteiger partial charge >= 0.3 is 0 Å². The van der Waals surface area contributed by atoms with Gasteiger partial charge in [-0.1, -0.05) is 48.2 Å². The van der Waals surface area contributed by atoms with E-state index >= 15 is 0 Å². The van der Waals surface area contributed by atoms with Gasteiger partial charge in [0.15, 0.2) is 0 Å². The van der Waals surface area contributed by atoms with Crippen LogP contribution in [-0.4, -0.2) is 59.5 Å². The molecule has 1 aliphatic carbocycles. The van der Waals surface area contributed by atoms with Crippen LogP contribution in [0.2, 0.25) is 10.0 Å². The van der Waals surface area contributed by atoms with Crippen molar-refractivity contribution in [2.45, 2.75) is 51.1 Å². The number of nitrogens with one attached hydrogen (secondary N) is 1. The van der Waals surface area contributed by atoms with E-state index in [9.17, 15) is 9.59 Å². The average Bonchev–Trinajstić information content (AvgIpc) is 3.52. The average molecular weight is 543 g/mol. The van der Waals surface area contributed by atoms with E-state index < -0.39 is 0 Å². The molecule has 3 aromatic rings.